The molecule has 0 heterocycles. The summed E-state index contributed by atoms with van der Waals surface area (Å²) in [5.74, 6) is -2.78. The van der Waals surface area contributed by atoms with Crippen LogP contribution in [0, 0.1) is 17.6 Å². The van der Waals surface area contributed by atoms with Crippen molar-refractivity contribution in [1.82, 2.24) is 10.2 Å². The summed E-state index contributed by atoms with van der Waals surface area (Å²) >= 11 is 0. The Labute approximate surface area is 204 Å². The number of carbonyl (C=O) groups excluding carboxylic acids is 2. The maximum atomic E-state index is 13.8. The van der Waals surface area contributed by atoms with Crippen molar-refractivity contribution >= 4 is 27.5 Å². The number of nitrogens with one attached hydrogen (secondary N) is 1. The van der Waals surface area contributed by atoms with Gasteiger partial charge in [-0.3, -0.25) is 13.9 Å². The minimum atomic E-state index is -4.05. The molecule has 2 aromatic rings. The topological polar surface area (TPSA) is 96.0 Å². The molecular formula is C24H31F2N3O5S. The van der Waals surface area contributed by atoms with E-state index in [9.17, 15) is 26.8 Å². The van der Waals surface area contributed by atoms with E-state index in [0.29, 0.717) is 28.2 Å². The number of hydrogen-bond acceptors (Lipinski definition) is 5. The fourth-order valence-electron chi connectivity index (χ4n) is 3.26. The van der Waals surface area contributed by atoms with Crippen molar-refractivity contribution in [2.75, 3.05) is 30.8 Å². The number of rotatable bonds is 11. The highest BCUT2D eigenvalue weighted by Gasteiger charge is 2.30. The molecule has 0 aliphatic heterocycles. The zero-order valence-corrected chi connectivity index (χ0v) is 21.2. The van der Waals surface area contributed by atoms with Crippen molar-refractivity contribution in [1.29, 1.82) is 0 Å². The van der Waals surface area contributed by atoms with Crippen LogP contribution < -0.4 is 14.4 Å². The second-order valence-electron chi connectivity index (χ2n) is 8.56. The molecule has 1 atom stereocenters. The lowest BCUT2D eigenvalue weighted by Crippen LogP contribution is -2.51. The van der Waals surface area contributed by atoms with Crippen LogP contribution in [0.4, 0.5) is 14.5 Å². The molecule has 0 aliphatic rings. The van der Waals surface area contributed by atoms with Gasteiger partial charge in [0.1, 0.15) is 18.3 Å². The van der Waals surface area contributed by atoms with Gasteiger partial charge in [0, 0.05) is 19.2 Å². The third-order valence-electron chi connectivity index (χ3n) is 5.21. The number of hydrogen-bond donors (Lipinski definition) is 1. The number of carbonyl (C=O) groups is 2. The maximum Gasteiger partial charge on any atom is 0.244 e. The summed E-state index contributed by atoms with van der Waals surface area (Å²) < 4.78 is 58.0. The summed E-state index contributed by atoms with van der Waals surface area (Å²) in [5, 5.41) is 2.77. The lowest BCUT2D eigenvalue weighted by molar-refractivity contribution is -0.139. The van der Waals surface area contributed by atoms with Crippen molar-refractivity contribution in [3.8, 4) is 5.75 Å². The number of methoxy groups -OCH3 is 1. The summed E-state index contributed by atoms with van der Waals surface area (Å²) in [5.41, 5.74) is 0.443. The van der Waals surface area contributed by atoms with Crippen molar-refractivity contribution in [2.45, 2.75) is 33.4 Å². The molecule has 2 aromatic carbocycles. The Kier molecular flexibility index (Phi) is 9.58. The Bertz CT molecular complexity index is 1160. The number of halogens is 2. The Morgan fingerprint density at radius 3 is 2.31 bits per heavy atom. The van der Waals surface area contributed by atoms with E-state index in [-0.39, 0.29) is 18.2 Å². The molecule has 0 radical (unpaired) electrons. The smallest absolute Gasteiger partial charge is 0.244 e. The van der Waals surface area contributed by atoms with Crippen molar-refractivity contribution in [3.63, 3.8) is 0 Å². The van der Waals surface area contributed by atoms with E-state index >= 15 is 0 Å². The lowest BCUT2D eigenvalue weighted by atomic mass is 10.1. The molecule has 0 unspecified atom stereocenters. The Morgan fingerprint density at radius 1 is 1.06 bits per heavy atom. The van der Waals surface area contributed by atoms with Gasteiger partial charge in [-0.2, -0.15) is 0 Å². The number of benzene rings is 2. The molecule has 0 bridgehead atoms. The van der Waals surface area contributed by atoms with Crippen molar-refractivity contribution < 1.29 is 31.5 Å². The number of nitrogens with zero attached hydrogens (tertiary/aromatic N) is 2. The molecule has 0 fully saturated rings. The van der Waals surface area contributed by atoms with E-state index in [0.717, 1.165) is 18.4 Å². The van der Waals surface area contributed by atoms with Gasteiger partial charge in [0.2, 0.25) is 21.8 Å². The lowest BCUT2D eigenvalue weighted by Gasteiger charge is -2.31. The zero-order valence-electron chi connectivity index (χ0n) is 20.4. The quantitative estimate of drug-likeness (QED) is 0.501. The normalized spacial score (nSPS) is 12.2. The highest BCUT2D eigenvalue weighted by atomic mass is 32.2. The monoisotopic (exact) mass is 511 g/mol. The van der Waals surface area contributed by atoms with Gasteiger partial charge in [0.15, 0.2) is 11.6 Å². The van der Waals surface area contributed by atoms with E-state index in [1.165, 1.54) is 18.9 Å². The van der Waals surface area contributed by atoms with Gasteiger partial charge >= 0.3 is 0 Å². The highest BCUT2D eigenvalue weighted by Crippen LogP contribution is 2.22. The van der Waals surface area contributed by atoms with Gasteiger partial charge in [-0.05, 0) is 42.7 Å². The van der Waals surface area contributed by atoms with E-state index in [2.05, 4.69) is 5.32 Å². The van der Waals surface area contributed by atoms with Crippen LogP contribution in [0.2, 0.25) is 0 Å². The largest absolute Gasteiger partial charge is 0.497 e. The molecular weight excluding hydrogens is 480 g/mol. The number of ether oxygens (including phenoxy) is 1. The van der Waals surface area contributed by atoms with Crippen LogP contribution in [0.1, 0.15) is 26.3 Å². The van der Waals surface area contributed by atoms with Crippen molar-refractivity contribution in [3.05, 3.63) is 59.7 Å². The molecule has 1 N–H and O–H groups in total. The Balaban J connectivity index is 2.40. The highest BCUT2D eigenvalue weighted by molar-refractivity contribution is 7.92. The van der Waals surface area contributed by atoms with Crippen LogP contribution in [0.15, 0.2) is 42.5 Å². The van der Waals surface area contributed by atoms with Gasteiger partial charge in [-0.25, -0.2) is 17.2 Å². The molecule has 192 valence electrons. The van der Waals surface area contributed by atoms with Gasteiger partial charge < -0.3 is 15.0 Å². The van der Waals surface area contributed by atoms with Gasteiger partial charge in [0.05, 0.1) is 19.1 Å². The summed E-state index contributed by atoms with van der Waals surface area (Å²) in [6.07, 6.45) is 0.854. The summed E-state index contributed by atoms with van der Waals surface area (Å²) in [6.45, 7) is 5.06. The number of sulfonamides is 1. The molecule has 0 aromatic heterocycles. The van der Waals surface area contributed by atoms with Crippen molar-refractivity contribution in [2.24, 2.45) is 5.92 Å². The molecule has 2 amide bonds. The first kappa shape index (κ1) is 28.0. The van der Waals surface area contributed by atoms with E-state index in [4.69, 9.17) is 4.74 Å². The predicted octanol–water partition coefficient (Wildman–Crippen LogP) is 2.93. The molecule has 0 spiro atoms. The zero-order chi connectivity index (χ0) is 26.3. The Morgan fingerprint density at radius 2 is 1.74 bits per heavy atom. The maximum absolute atomic E-state index is 13.8. The van der Waals surface area contributed by atoms with Crippen LogP contribution in [0.3, 0.4) is 0 Å². The third kappa shape index (κ3) is 7.91. The van der Waals surface area contributed by atoms with E-state index in [1.807, 2.05) is 13.8 Å². The Hall–Kier alpha value is -3.21. The van der Waals surface area contributed by atoms with Crippen LogP contribution in [-0.2, 0) is 26.2 Å². The predicted molar refractivity (Wildman–Crippen MR) is 129 cm³/mol. The second kappa shape index (κ2) is 12.0. The summed E-state index contributed by atoms with van der Waals surface area (Å²) in [4.78, 5) is 27.4. The molecule has 35 heavy (non-hydrogen) atoms. The summed E-state index contributed by atoms with van der Waals surface area (Å²) in [6, 6.07) is 8.50. The fraction of sp³-hybridized carbons (Fsp3) is 0.417. The molecule has 11 heteroatoms. The first-order chi connectivity index (χ1) is 16.3. The van der Waals surface area contributed by atoms with E-state index < -0.39 is 46.1 Å². The molecule has 0 aliphatic carbocycles. The fourth-order valence-corrected chi connectivity index (χ4v) is 4.10. The van der Waals surface area contributed by atoms with Gasteiger partial charge in [-0.15, -0.1) is 0 Å². The van der Waals surface area contributed by atoms with Gasteiger partial charge in [-0.1, -0.05) is 26.0 Å². The number of anilines is 1. The minimum Gasteiger partial charge on any atom is -0.497 e. The molecule has 2 rings (SSSR count). The molecule has 8 nitrogen and oxygen atoms in total. The molecule has 0 saturated heterocycles. The second-order valence-corrected chi connectivity index (χ2v) is 10.5. The third-order valence-corrected chi connectivity index (χ3v) is 6.35. The first-order valence-corrected chi connectivity index (χ1v) is 12.8. The van der Waals surface area contributed by atoms with Crippen LogP contribution in [-0.4, -0.2) is 57.6 Å². The summed E-state index contributed by atoms with van der Waals surface area (Å²) in [7, 11) is -2.56. The van der Waals surface area contributed by atoms with Crippen LogP contribution >= 0.6 is 0 Å². The average molecular weight is 512 g/mol. The molecule has 0 saturated carbocycles. The van der Waals surface area contributed by atoms with E-state index in [1.54, 1.807) is 24.3 Å². The first-order valence-electron chi connectivity index (χ1n) is 11.0. The van der Waals surface area contributed by atoms with Crippen LogP contribution in [0.5, 0.6) is 5.75 Å². The SMILES string of the molecule is COc1cccc(CN(C(=O)CN(c2ccc(F)c(F)c2)S(C)(=O)=O)[C@H](C)C(=O)NCC(C)C)c1. The number of amides is 2. The van der Waals surface area contributed by atoms with Gasteiger partial charge in [0.25, 0.3) is 0 Å². The van der Waals surface area contributed by atoms with Crippen LogP contribution in [0.25, 0.3) is 0 Å². The standard InChI is InChI=1S/C24H31F2N3O5S/c1-16(2)13-27-24(31)17(3)28(14-18-7-6-8-20(11-18)34-4)23(30)15-29(35(5,32)33)19-9-10-21(25)22(26)12-19/h6-12,16-17H,13-15H2,1-5H3,(H,27,31)/t17-/m1/s1. The average Bonchev–Trinajstić information content (AvgIpc) is 2.80. The minimum absolute atomic E-state index is 0.0122.